The maximum absolute atomic E-state index is 12.7. The number of hydrogen-bond acceptors (Lipinski definition) is 4. The van der Waals surface area contributed by atoms with Gasteiger partial charge in [0.15, 0.2) is 22.8 Å². The molecule has 0 N–H and O–H groups in total. The van der Waals surface area contributed by atoms with Crippen molar-refractivity contribution in [1.82, 2.24) is 9.55 Å². The molecule has 0 aliphatic heterocycles. The highest BCUT2D eigenvalue weighted by atomic mass is 35.5. The molecule has 0 saturated carbocycles. The van der Waals surface area contributed by atoms with E-state index in [-0.39, 0.29) is 32.6 Å². The van der Waals surface area contributed by atoms with Crippen LogP contribution in [0.3, 0.4) is 0 Å². The molecule has 0 atom stereocenters. The quantitative estimate of drug-likeness (QED) is 0.311. The van der Waals surface area contributed by atoms with E-state index in [1.165, 1.54) is 18.2 Å². The fourth-order valence-electron chi connectivity index (χ4n) is 3.58. The van der Waals surface area contributed by atoms with Crippen molar-refractivity contribution in [3.63, 3.8) is 0 Å². The Morgan fingerprint density at radius 2 is 1.59 bits per heavy atom. The third-order valence-corrected chi connectivity index (χ3v) is 5.61. The molecule has 142 valence electrons. The minimum atomic E-state index is -0.482. The van der Waals surface area contributed by atoms with Gasteiger partial charge in [-0.2, -0.15) is 4.98 Å². The van der Waals surface area contributed by atoms with Crippen molar-refractivity contribution in [2.45, 2.75) is 0 Å². The minimum Gasteiger partial charge on any atom is -0.435 e. The molecule has 1 aliphatic carbocycles. The van der Waals surface area contributed by atoms with Crippen molar-refractivity contribution in [3.8, 4) is 11.3 Å². The molecule has 0 amide bonds. The maximum Gasteiger partial charge on any atom is 0.222 e. The van der Waals surface area contributed by atoms with Crippen molar-refractivity contribution in [1.29, 1.82) is 0 Å². The molecule has 2 aromatic heterocycles. The number of fused-ring (bicyclic) bond motifs is 2. The standard InChI is InChI=1S/C22H12Cl2N2O3/c1-26-15(11-5-3-2-4-6-11)10-16-22(26)25-17(29-16)9-12-20(27)18-13(23)7-8-14(24)19(18)21(12)28/h2-10H,1H3. The molecule has 2 heterocycles. The highest BCUT2D eigenvalue weighted by Gasteiger charge is 2.37. The number of benzene rings is 2. The molecule has 4 aromatic rings. The number of halogens is 2. The monoisotopic (exact) mass is 422 g/mol. The summed E-state index contributed by atoms with van der Waals surface area (Å²) in [6.07, 6.45) is 1.35. The Labute approximate surface area is 175 Å². The summed E-state index contributed by atoms with van der Waals surface area (Å²) >= 11 is 12.2. The SMILES string of the molecule is Cn1c(-c2ccccc2)cc2oc(C=C3C(=O)c4c(Cl)ccc(Cl)c4C3=O)nc21. The minimum absolute atomic E-state index is 0.0650. The lowest BCUT2D eigenvalue weighted by Crippen LogP contribution is -2.00. The first-order valence-electron chi connectivity index (χ1n) is 8.76. The molecule has 1 aliphatic rings. The number of rotatable bonds is 2. The van der Waals surface area contributed by atoms with Gasteiger partial charge in [0.25, 0.3) is 0 Å². The first-order chi connectivity index (χ1) is 14.0. The average molecular weight is 423 g/mol. The summed E-state index contributed by atoms with van der Waals surface area (Å²) in [4.78, 5) is 29.9. The largest absolute Gasteiger partial charge is 0.435 e. The normalized spacial score (nSPS) is 13.4. The van der Waals surface area contributed by atoms with Gasteiger partial charge in [-0.3, -0.25) is 9.59 Å². The molecule has 0 saturated heterocycles. The van der Waals surface area contributed by atoms with Crippen LogP contribution in [0.15, 0.2) is 58.5 Å². The highest BCUT2D eigenvalue weighted by Crippen LogP contribution is 2.37. The summed E-state index contributed by atoms with van der Waals surface area (Å²) in [6.45, 7) is 0. The first-order valence-corrected chi connectivity index (χ1v) is 9.52. The summed E-state index contributed by atoms with van der Waals surface area (Å²) in [7, 11) is 1.88. The van der Waals surface area contributed by atoms with E-state index in [0.29, 0.717) is 11.2 Å². The lowest BCUT2D eigenvalue weighted by atomic mass is 10.1. The van der Waals surface area contributed by atoms with Crippen LogP contribution in [0.1, 0.15) is 26.6 Å². The molecule has 2 aromatic carbocycles. The van der Waals surface area contributed by atoms with Gasteiger partial charge in [-0.15, -0.1) is 0 Å². The second kappa shape index (κ2) is 6.44. The zero-order valence-corrected chi connectivity index (χ0v) is 16.6. The highest BCUT2D eigenvalue weighted by molar-refractivity contribution is 6.49. The van der Waals surface area contributed by atoms with E-state index in [4.69, 9.17) is 27.6 Å². The molecule has 5 nitrogen and oxygen atoms in total. The number of aryl methyl sites for hydroxylation is 1. The van der Waals surface area contributed by atoms with Gasteiger partial charge in [-0.05, 0) is 17.7 Å². The number of nitrogens with zero attached hydrogens (tertiary/aromatic N) is 2. The van der Waals surface area contributed by atoms with E-state index < -0.39 is 11.6 Å². The molecule has 0 bridgehead atoms. The van der Waals surface area contributed by atoms with Crippen molar-refractivity contribution in [2.24, 2.45) is 7.05 Å². The number of aromatic nitrogens is 2. The molecular weight excluding hydrogens is 411 g/mol. The van der Waals surface area contributed by atoms with Crippen LogP contribution in [0.5, 0.6) is 0 Å². The lowest BCUT2D eigenvalue weighted by molar-refractivity contribution is 0.0990. The second-order valence-electron chi connectivity index (χ2n) is 6.69. The predicted molar refractivity (Wildman–Crippen MR) is 112 cm³/mol. The summed E-state index contributed by atoms with van der Waals surface area (Å²) in [6, 6.07) is 14.7. The van der Waals surface area contributed by atoms with Gasteiger partial charge in [-0.25, -0.2) is 0 Å². The Morgan fingerprint density at radius 3 is 2.17 bits per heavy atom. The number of hydrogen-bond donors (Lipinski definition) is 0. The van der Waals surface area contributed by atoms with E-state index in [2.05, 4.69) is 4.98 Å². The van der Waals surface area contributed by atoms with Crippen molar-refractivity contribution in [2.75, 3.05) is 0 Å². The van der Waals surface area contributed by atoms with Crippen LogP contribution in [-0.4, -0.2) is 21.1 Å². The van der Waals surface area contributed by atoms with Gasteiger partial charge in [-0.1, -0.05) is 53.5 Å². The van der Waals surface area contributed by atoms with Crippen molar-refractivity contribution < 1.29 is 14.0 Å². The third kappa shape index (κ3) is 2.66. The zero-order valence-electron chi connectivity index (χ0n) is 15.1. The molecule has 7 heteroatoms. The molecular formula is C22H12Cl2N2O3. The number of allylic oxidation sites excluding steroid dienone is 1. The molecule has 0 unspecified atom stereocenters. The summed E-state index contributed by atoms with van der Waals surface area (Å²) in [5.74, 6) is -0.795. The van der Waals surface area contributed by atoms with Crippen LogP contribution in [-0.2, 0) is 7.05 Å². The van der Waals surface area contributed by atoms with Crippen LogP contribution < -0.4 is 0 Å². The Morgan fingerprint density at radius 1 is 0.966 bits per heavy atom. The van der Waals surface area contributed by atoms with Gasteiger partial charge in [0.2, 0.25) is 5.89 Å². The van der Waals surface area contributed by atoms with Gasteiger partial charge in [0, 0.05) is 19.2 Å². The Hall–Kier alpha value is -3.15. The molecule has 0 radical (unpaired) electrons. The Balaban J connectivity index is 1.58. The van der Waals surface area contributed by atoms with Crippen molar-refractivity contribution >= 4 is 52.1 Å². The summed E-state index contributed by atoms with van der Waals surface area (Å²) in [5.41, 5.74) is 3.33. The van der Waals surface area contributed by atoms with Gasteiger partial charge < -0.3 is 8.98 Å². The summed E-state index contributed by atoms with van der Waals surface area (Å²) < 4.78 is 7.69. The van der Waals surface area contributed by atoms with Crippen LogP contribution in [0.4, 0.5) is 0 Å². The van der Waals surface area contributed by atoms with Crippen LogP contribution in [0.2, 0.25) is 10.0 Å². The lowest BCUT2D eigenvalue weighted by Gasteiger charge is -2.02. The van der Waals surface area contributed by atoms with Crippen LogP contribution in [0, 0.1) is 0 Å². The number of carbonyl (C=O) groups is 2. The molecule has 5 rings (SSSR count). The van der Waals surface area contributed by atoms with Gasteiger partial charge >= 0.3 is 0 Å². The van der Waals surface area contributed by atoms with Crippen molar-refractivity contribution in [3.05, 3.63) is 81.2 Å². The third-order valence-electron chi connectivity index (χ3n) is 4.98. The molecule has 0 fully saturated rings. The van der Waals surface area contributed by atoms with E-state index in [1.54, 1.807) is 0 Å². The number of oxazole rings is 1. The Bertz CT molecular complexity index is 1320. The second-order valence-corrected chi connectivity index (χ2v) is 7.50. The van der Waals surface area contributed by atoms with Crippen LogP contribution in [0.25, 0.3) is 28.6 Å². The number of carbonyl (C=O) groups excluding carboxylic acids is 2. The maximum atomic E-state index is 12.7. The van der Waals surface area contributed by atoms with E-state index in [0.717, 1.165) is 11.3 Å². The van der Waals surface area contributed by atoms with E-state index >= 15 is 0 Å². The molecule has 0 spiro atoms. The van der Waals surface area contributed by atoms with Crippen LogP contribution >= 0.6 is 23.2 Å². The van der Waals surface area contributed by atoms with E-state index in [1.807, 2.05) is 48.0 Å². The van der Waals surface area contributed by atoms with Gasteiger partial charge in [0.05, 0.1) is 32.4 Å². The fraction of sp³-hybridized carbons (Fsp3) is 0.0455. The summed E-state index contributed by atoms with van der Waals surface area (Å²) in [5, 5.41) is 0.382. The number of Topliss-reactive ketones (excluding diaryl/α,β-unsaturated/α-hetero) is 2. The zero-order chi connectivity index (χ0) is 20.3. The number of ketones is 2. The average Bonchev–Trinajstić information content (AvgIpc) is 3.33. The predicted octanol–water partition coefficient (Wildman–Crippen LogP) is 5.60. The van der Waals surface area contributed by atoms with E-state index in [9.17, 15) is 9.59 Å². The first kappa shape index (κ1) is 17.9. The topological polar surface area (TPSA) is 65.1 Å². The smallest absolute Gasteiger partial charge is 0.222 e. The Kier molecular flexibility index (Phi) is 3.98. The fourth-order valence-corrected chi connectivity index (χ4v) is 4.07. The molecule has 29 heavy (non-hydrogen) atoms. The van der Waals surface area contributed by atoms with Gasteiger partial charge in [0.1, 0.15) is 0 Å².